The van der Waals surface area contributed by atoms with Crippen molar-refractivity contribution < 1.29 is 37.7 Å². The molecule has 2 fully saturated rings. The van der Waals surface area contributed by atoms with Gasteiger partial charge in [-0.2, -0.15) is 0 Å². The fraction of sp³-hybridized carbons (Fsp3) is 0.718. The van der Waals surface area contributed by atoms with Crippen LogP contribution >= 0.6 is 0 Å². The summed E-state index contributed by atoms with van der Waals surface area (Å²) in [5, 5.41) is 8.56. The van der Waals surface area contributed by atoms with E-state index in [2.05, 4.69) is 20.7 Å². The second-order valence-electron chi connectivity index (χ2n) is 15.1. The molecule has 14 nitrogen and oxygen atoms in total. The molecule has 54 heavy (non-hydrogen) atoms. The second kappa shape index (κ2) is 21.6. The SMILES string of the molecule is CCC(C)C([C@@H](CC(=O)N1CCCC1C(OC)C(C)C(=O)NC(Cc1ccccc1)C(=O)NS(=O)C1CC1)OC)N(C)C(=O)CNC(=O)C(NC)C(C)C. The van der Waals surface area contributed by atoms with Crippen LogP contribution in [0, 0.1) is 17.8 Å². The Labute approximate surface area is 324 Å². The fourth-order valence-electron chi connectivity index (χ4n) is 7.39. The van der Waals surface area contributed by atoms with Crippen molar-refractivity contribution >= 4 is 40.5 Å². The number of likely N-dealkylation sites (N-methyl/N-ethyl adjacent to an activating group) is 2. The molecule has 1 aliphatic heterocycles. The monoisotopic (exact) mass is 776 g/mol. The number of carbonyl (C=O) groups is 5. The summed E-state index contributed by atoms with van der Waals surface area (Å²) in [6.45, 7) is 9.88. The van der Waals surface area contributed by atoms with Crippen LogP contribution in [0.4, 0.5) is 0 Å². The highest BCUT2D eigenvalue weighted by Gasteiger charge is 2.43. The van der Waals surface area contributed by atoms with Crippen molar-refractivity contribution in [2.75, 3.05) is 41.4 Å². The first-order chi connectivity index (χ1) is 25.7. The Balaban J connectivity index is 1.72. The Morgan fingerprint density at radius 2 is 1.63 bits per heavy atom. The van der Waals surface area contributed by atoms with Crippen LogP contribution in [-0.2, 0) is 50.9 Å². The Bertz CT molecular complexity index is 1430. The van der Waals surface area contributed by atoms with E-state index in [-0.39, 0.29) is 54.2 Å². The molecule has 3 rings (SSSR count). The van der Waals surface area contributed by atoms with Crippen molar-refractivity contribution in [1.29, 1.82) is 0 Å². The van der Waals surface area contributed by atoms with Gasteiger partial charge in [-0.15, -0.1) is 0 Å². The van der Waals surface area contributed by atoms with Gasteiger partial charge in [0.1, 0.15) is 17.0 Å². The molecule has 9 atom stereocenters. The average molecular weight is 777 g/mol. The van der Waals surface area contributed by atoms with Crippen LogP contribution in [0.1, 0.15) is 78.7 Å². The van der Waals surface area contributed by atoms with E-state index in [0.717, 1.165) is 24.8 Å². The van der Waals surface area contributed by atoms with Crippen molar-refractivity contribution in [3.63, 3.8) is 0 Å². The molecule has 1 saturated carbocycles. The molecule has 304 valence electrons. The lowest BCUT2D eigenvalue weighted by Crippen LogP contribution is -2.55. The van der Waals surface area contributed by atoms with E-state index in [1.807, 2.05) is 58.0 Å². The molecule has 1 heterocycles. The van der Waals surface area contributed by atoms with Crippen LogP contribution in [0.2, 0.25) is 0 Å². The molecule has 5 amide bonds. The number of benzene rings is 1. The summed E-state index contributed by atoms with van der Waals surface area (Å²) in [6.07, 6.45) is 2.53. The zero-order valence-electron chi connectivity index (χ0n) is 33.6. The third-order valence-corrected chi connectivity index (χ3v) is 12.4. The first kappa shape index (κ1) is 45.0. The van der Waals surface area contributed by atoms with Gasteiger partial charge in [0, 0.05) is 34.2 Å². The summed E-state index contributed by atoms with van der Waals surface area (Å²) in [6, 6.07) is 7.04. The van der Waals surface area contributed by atoms with Gasteiger partial charge in [0.25, 0.3) is 5.91 Å². The van der Waals surface area contributed by atoms with Gasteiger partial charge in [-0.3, -0.25) is 28.7 Å². The van der Waals surface area contributed by atoms with E-state index in [1.54, 1.807) is 30.8 Å². The molecule has 0 bridgehead atoms. The summed E-state index contributed by atoms with van der Waals surface area (Å²) >= 11 is 0. The van der Waals surface area contributed by atoms with Gasteiger partial charge in [-0.1, -0.05) is 71.4 Å². The number of ether oxygens (including phenoxy) is 2. The highest BCUT2D eigenvalue weighted by Crippen LogP contribution is 2.29. The van der Waals surface area contributed by atoms with E-state index in [4.69, 9.17) is 9.47 Å². The van der Waals surface area contributed by atoms with E-state index < -0.39 is 65.1 Å². The quantitative estimate of drug-likeness (QED) is 0.137. The van der Waals surface area contributed by atoms with Crippen molar-refractivity contribution in [2.45, 2.75) is 121 Å². The first-order valence-electron chi connectivity index (χ1n) is 19.3. The lowest BCUT2D eigenvalue weighted by Gasteiger charge is -2.39. The largest absolute Gasteiger partial charge is 0.379 e. The standard InChI is InChI=1S/C39H64N6O8S/c1-10-25(4)35(44(7)33(47)23-41-39(50)34(40-6)24(2)3)31(52-8)22-32(46)45-20-14-17-30(45)36(53-9)26(5)37(48)42-29(21-27-15-12-11-13-16-27)38(49)43-54(51)28-18-19-28/h11-13,15-16,24-26,28-31,34-36,40H,10,14,17-23H2,1-9H3,(H,41,50)(H,42,48)(H,43,49)/t25?,26?,29?,30?,31-,34?,35?,36?,54?/m1/s1. The Hall–Kier alpha value is -3.40. The van der Waals surface area contributed by atoms with Crippen molar-refractivity contribution in [3.8, 4) is 0 Å². The number of amides is 5. The number of rotatable bonds is 22. The summed E-state index contributed by atoms with van der Waals surface area (Å²) in [7, 11) is 4.91. The zero-order valence-corrected chi connectivity index (χ0v) is 34.4. The molecule has 2 aliphatic rings. The number of methoxy groups -OCH3 is 2. The highest BCUT2D eigenvalue weighted by atomic mass is 32.2. The van der Waals surface area contributed by atoms with Crippen molar-refractivity contribution in [3.05, 3.63) is 35.9 Å². The number of hydrogen-bond acceptors (Lipinski definition) is 9. The molecule has 1 aromatic rings. The Morgan fingerprint density at radius 1 is 0.963 bits per heavy atom. The van der Waals surface area contributed by atoms with Crippen LogP contribution in [0.3, 0.4) is 0 Å². The van der Waals surface area contributed by atoms with Crippen LogP contribution in [0.15, 0.2) is 30.3 Å². The summed E-state index contributed by atoms with van der Waals surface area (Å²) in [5.74, 6) is -2.39. The molecule has 4 N–H and O–H groups in total. The molecule has 1 saturated heterocycles. The fourth-order valence-corrected chi connectivity index (χ4v) is 8.46. The predicted molar refractivity (Wildman–Crippen MR) is 208 cm³/mol. The highest BCUT2D eigenvalue weighted by molar-refractivity contribution is 7.84. The average Bonchev–Trinajstić information content (AvgIpc) is 3.90. The van der Waals surface area contributed by atoms with Crippen LogP contribution in [0.25, 0.3) is 0 Å². The lowest BCUT2D eigenvalue weighted by molar-refractivity contribution is -0.146. The van der Waals surface area contributed by atoms with Gasteiger partial charge in [0.15, 0.2) is 0 Å². The smallest absolute Gasteiger partial charge is 0.254 e. The van der Waals surface area contributed by atoms with Crippen LogP contribution in [0.5, 0.6) is 0 Å². The molecular weight excluding hydrogens is 713 g/mol. The number of likely N-dealkylation sites (tertiary alicyclic amines) is 1. The third-order valence-electron chi connectivity index (χ3n) is 10.9. The predicted octanol–water partition coefficient (Wildman–Crippen LogP) is 1.94. The maximum absolute atomic E-state index is 14.1. The van der Waals surface area contributed by atoms with Gasteiger partial charge in [0.05, 0.1) is 54.5 Å². The summed E-state index contributed by atoms with van der Waals surface area (Å²) < 4.78 is 27.0. The minimum Gasteiger partial charge on any atom is -0.379 e. The molecule has 1 aromatic carbocycles. The minimum absolute atomic E-state index is 0.00433. The van der Waals surface area contributed by atoms with Crippen molar-refractivity contribution in [1.82, 2.24) is 30.5 Å². The molecule has 0 spiro atoms. The lowest BCUT2D eigenvalue weighted by atomic mass is 9.90. The molecular formula is C39H64N6O8S. The normalized spacial score (nSPS) is 20.2. The van der Waals surface area contributed by atoms with Gasteiger partial charge in [-0.05, 0) is 50.1 Å². The number of hydrogen-bond donors (Lipinski definition) is 4. The molecule has 1 aliphatic carbocycles. The van der Waals surface area contributed by atoms with E-state index in [9.17, 15) is 28.2 Å². The zero-order chi connectivity index (χ0) is 40.1. The van der Waals surface area contributed by atoms with Gasteiger partial charge in [0.2, 0.25) is 23.6 Å². The van der Waals surface area contributed by atoms with Gasteiger partial charge in [-0.25, -0.2) is 4.21 Å². The van der Waals surface area contributed by atoms with E-state index >= 15 is 0 Å². The molecule has 15 heteroatoms. The molecule has 0 aromatic heterocycles. The topological polar surface area (TPSA) is 175 Å². The number of nitrogens with zero attached hydrogens (tertiary/aromatic N) is 2. The molecule has 0 radical (unpaired) electrons. The van der Waals surface area contributed by atoms with E-state index in [0.29, 0.717) is 19.4 Å². The van der Waals surface area contributed by atoms with Gasteiger partial charge < -0.3 is 35.2 Å². The Kier molecular flexibility index (Phi) is 18.0. The van der Waals surface area contributed by atoms with E-state index in [1.165, 1.54) is 14.2 Å². The Morgan fingerprint density at radius 3 is 2.19 bits per heavy atom. The summed E-state index contributed by atoms with van der Waals surface area (Å²) in [5.41, 5.74) is 0.840. The first-order valence-corrected chi connectivity index (χ1v) is 20.5. The molecule has 8 unspecified atom stereocenters. The second-order valence-corrected chi connectivity index (χ2v) is 16.6. The minimum atomic E-state index is -1.51. The van der Waals surface area contributed by atoms with Crippen molar-refractivity contribution in [2.24, 2.45) is 17.8 Å². The third kappa shape index (κ3) is 12.3. The summed E-state index contributed by atoms with van der Waals surface area (Å²) in [4.78, 5) is 70.7. The van der Waals surface area contributed by atoms with Crippen LogP contribution in [-0.4, -0.2) is 127 Å². The number of carbonyl (C=O) groups excluding carboxylic acids is 5. The van der Waals surface area contributed by atoms with Crippen LogP contribution < -0.4 is 20.7 Å². The van der Waals surface area contributed by atoms with Gasteiger partial charge >= 0.3 is 0 Å². The maximum Gasteiger partial charge on any atom is 0.254 e. The number of nitrogens with one attached hydrogen (secondary N) is 4. The maximum atomic E-state index is 14.1.